The fourth-order valence-corrected chi connectivity index (χ4v) is 2.75. The smallest absolute Gasteiger partial charge is 0.330 e. The largest absolute Gasteiger partial charge is 0.463 e. The van der Waals surface area contributed by atoms with Gasteiger partial charge in [0.15, 0.2) is 0 Å². The summed E-state index contributed by atoms with van der Waals surface area (Å²) in [5.74, 6) is -1.81. The summed E-state index contributed by atoms with van der Waals surface area (Å²) >= 11 is 0. The Morgan fingerprint density at radius 3 is 2.61 bits per heavy atom. The van der Waals surface area contributed by atoms with Gasteiger partial charge in [0.25, 0.3) is 5.56 Å². The quantitative estimate of drug-likeness (QED) is 0.274. The molecule has 0 aromatic carbocycles. The van der Waals surface area contributed by atoms with E-state index < -0.39 is 29.4 Å². The van der Waals surface area contributed by atoms with Crippen LogP contribution in [0, 0.1) is 0 Å². The van der Waals surface area contributed by atoms with Crippen molar-refractivity contribution < 1.29 is 23.9 Å². The number of allylic oxidation sites excluding steroid dienone is 1. The molecule has 0 aliphatic carbocycles. The first-order valence-electron chi connectivity index (χ1n) is 10.7. The van der Waals surface area contributed by atoms with E-state index in [-0.39, 0.29) is 31.2 Å². The van der Waals surface area contributed by atoms with Gasteiger partial charge < -0.3 is 30.2 Å². The zero-order chi connectivity index (χ0) is 24.8. The summed E-state index contributed by atoms with van der Waals surface area (Å²) in [6.45, 7) is 4.14. The number of nitrogens with one attached hydrogen (secondary N) is 3. The molecule has 3 amide bonds. The van der Waals surface area contributed by atoms with Crippen LogP contribution in [0.4, 0.5) is 5.69 Å². The zero-order valence-electron chi connectivity index (χ0n) is 19.6. The van der Waals surface area contributed by atoms with Gasteiger partial charge in [-0.3, -0.25) is 19.2 Å². The minimum Gasteiger partial charge on any atom is -0.463 e. The molecule has 0 aliphatic heterocycles. The summed E-state index contributed by atoms with van der Waals surface area (Å²) in [7, 11) is 3.77. The molecule has 0 fully saturated rings. The summed E-state index contributed by atoms with van der Waals surface area (Å²) in [6, 6.07) is 2.04. The van der Waals surface area contributed by atoms with Crippen LogP contribution >= 0.6 is 0 Å². The maximum absolute atomic E-state index is 12.7. The molecule has 1 aromatic heterocycles. The Balaban J connectivity index is 2.79. The molecule has 3 N–H and O–H groups in total. The molecule has 11 heteroatoms. The number of anilines is 1. The number of hydrogen-bond acceptors (Lipinski definition) is 7. The molecule has 0 bridgehead atoms. The lowest BCUT2D eigenvalue weighted by Crippen LogP contribution is -2.44. The minimum atomic E-state index is -0.920. The van der Waals surface area contributed by atoms with Crippen LogP contribution in [0.1, 0.15) is 26.7 Å². The van der Waals surface area contributed by atoms with Gasteiger partial charge in [-0.25, -0.2) is 4.79 Å². The topological polar surface area (TPSA) is 139 Å². The Bertz CT molecular complexity index is 909. The van der Waals surface area contributed by atoms with Crippen molar-refractivity contribution in [3.05, 3.63) is 40.8 Å². The third kappa shape index (κ3) is 11.1. The highest BCUT2D eigenvalue weighted by Crippen LogP contribution is 2.05. The number of likely N-dealkylation sites (N-methyl/N-ethyl adjacent to an activating group) is 1. The number of pyridine rings is 1. The van der Waals surface area contributed by atoms with Crippen LogP contribution in [0.2, 0.25) is 0 Å². The Morgan fingerprint density at radius 1 is 1.24 bits per heavy atom. The van der Waals surface area contributed by atoms with Gasteiger partial charge in [0.05, 0.1) is 6.61 Å². The van der Waals surface area contributed by atoms with Crippen molar-refractivity contribution in [3.63, 3.8) is 0 Å². The molecule has 0 spiro atoms. The molecule has 11 nitrogen and oxygen atoms in total. The molecule has 0 radical (unpaired) electrons. The average Bonchev–Trinajstić information content (AvgIpc) is 2.72. The molecule has 1 aromatic rings. The summed E-state index contributed by atoms with van der Waals surface area (Å²) in [4.78, 5) is 62.2. The van der Waals surface area contributed by atoms with Gasteiger partial charge in [0.1, 0.15) is 18.3 Å². The molecule has 0 aliphatic rings. The molecule has 182 valence electrons. The average molecular weight is 464 g/mol. The van der Waals surface area contributed by atoms with Crippen LogP contribution in [0.25, 0.3) is 0 Å². The van der Waals surface area contributed by atoms with Gasteiger partial charge in [-0.15, -0.1) is 0 Å². The third-order valence-corrected chi connectivity index (χ3v) is 4.33. The molecule has 0 saturated heterocycles. The molecule has 0 saturated carbocycles. The van der Waals surface area contributed by atoms with E-state index in [1.165, 1.54) is 29.8 Å². The number of amides is 3. The van der Waals surface area contributed by atoms with E-state index in [0.717, 1.165) is 0 Å². The number of nitrogens with zero attached hydrogens (tertiary/aromatic N) is 2. The normalized spacial score (nSPS) is 11.8. The molecule has 1 unspecified atom stereocenters. The van der Waals surface area contributed by atoms with E-state index in [4.69, 9.17) is 4.74 Å². The standard InChI is InChI=1S/C22H33N5O6/c1-5-33-20(30)11-7-6-9-17(24-16(2)28)21(31)25-18-10-8-13-27(22(18)32)15-19(29)23-12-14-26(3)4/h7-8,10-11,13,17H,5-6,9,12,14-15H2,1-4H3,(H,23,29)(H,24,28)(H,25,31)/b11-7+. The van der Waals surface area contributed by atoms with Crippen molar-refractivity contribution in [1.82, 2.24) is 20.1 Å². The molecule has 1 atom stereocenters. The first kappa shape index (κ1) is 27.6. The Morgan fingerprint density at radius 2 is 1.97 bits per heavy atom. The monoisotopic (exact) mass is 463 g/mol. The van der Waals surface area contributed by atoms with Gasteiger partial charge >= 0.3 is 5.97 Å². The predicted octanol–water partition coefficient (Wildman–Crippen LogP) is -0.131. The molecular weight excluding hydrogens is 430 g/mol. The highest BCUT2D eigenvalue weighted by Gasteiger charge is 2.20. The third-order valence-electron chi connectivity index (χ3n) is 4.33. The molecule has 1 heterocycles. The van der Waals surface area contributed by atoms with Crippen molar-refractivity contribution in [2.75, 3.05) is 39.1 Å². The van der Waals surface area contributed by atoms with E-state index in [1.807, 2.05) is 19.0 Å². The van der Waals surface area contributed by atoms with E-state index in [2.05, 4.69) is 16.0 Å². The summed E-state index contributed by atoms with van der Waals surface area (Å²) in [5, 5.41) is 7.77. The Hall–Kier alpha value is -3.47. The zero-order valence-corrected chi connectivity index (χ0v) is 19.6. The van der Waals surface area contributed by atoms with E-state index in [0.29, 0.717) is 19.5 Å². The van der Waals surface area contributed by atoms with Crippen LogP contribution in [-0.4, -0.2) is 73.0 Å². The van der Waals surface area contributed by atoms with E-state index in [1.54, 1.807) is 19.1 Å². The van der Waals surface area contributed by atoms with Crippen LogP contribution < -0.4 is 21.5 Å². The van der Waals surface area contributed by atoms with Gasteiger partial charge in [-0.1, -0.05) is 6.08 Å². The van der Waals surface area contributed by atoms with E-state index in [9.17, 15) is 24.0 Å². The Kier molecular flexibility index (Phi) is 12.2. The fourth-order valence-electron chi connectivity index (χ4n) is 2.75. The van der Waals surface area contributed by atoms with Gasteiger partial charge in [-0.05, 0) is 46.0 Å². The van der Waals surface area contributed by atoms with Crippen LogP contribution in [0.3, 0.4) is 0 Å². The van der Waals surface area contributed by atoms with Crippen LogP contribution in [-0.2, 0) is 30.5 Å². The lowest BCUT2D eigenvalue weighted by Gasteiger charge is -2.17. The van der Waals surface area contributed by atoms with Crippen molar-refractivity contribution in [2.24, 2.45) is 0 Å². The van der Waals surface area contributed by atoms with E-state index >= 15 is 0 Å². The van der Waals surface area contributed by atoms with Gasteiger partial charge in [0, 0.05) is 32.3 Å². The lowest BCUT2D eigenvalue weighted by atomic mass is 10.1. The molecular formula is C22H33N5O6. The number of hydrogen-bond donors (Lipinski definition) is 3. The summed E-state index contributed by atoms with van der Waals surface area (Å²) in [6.07, 6.45) is 4.78. The highest BCUT2D eigenvalue weighted by molar-refractivity contribution is 5.96. The predicted molar refractivity (Wildman–Crippen MR) is 124 cm³/mol. The number of carbonyl (C=O) groups is 4. The summed E-state index contributed by atoms with van der Waals surface area (Å²) in [5.41, 5.74) is -0.557. The number of ether oxygens (including phenoxy) is 1. The number of aromatic nitrogens is 1. The van der Waals surface area contributed by atoms with Gasteiger partial charge in [0.2, 0.25) is 17.7 Å². The number of rotatable bonds is 13. The van der Waals surface area contributed by atoms with Crippen LogP contribution in [0.5, 0.6) is 0 Å². The second-order valence-corrected chi connectivity index (χ2v) is 7.48. The Labute approximate surface area is 193 Å². The van der Waals surface area contributed by atoms with Gasteiger partial charge in [-0.2, -0.15) is 0 Å². The fraction of sp³-hybridized carbons (Fsp3) is 0.500. The van der Waals surface area contributed by atoms with Crippen molar-refractivity contribution >= 4 is 29.4 Å². The number of esters is 1. The van der Waals surface area contributed by atoms with Crippen molar-refractivity contribution in [2.45, 2.75) is 39.3 Å². The summed E-state index contributed by atoms with van der Waals surface area (Å²) < 4.78 is 5.97. The maximum atomic E-state index is 12.7. The highest BCUT2D eigenvalue weighted by atomic mass is 16.5. The second kappa shape index (κ2) is 14.6. The van der Waals surface area contributed by atoms with Crippen molar-refractivity contribution in [1.29, 1.82) is 0 Å². The first-order valence-corrected chi connectivity index (χ1v) is 10.7. The minimum absolute atomic E-state index is 0.0130. The first-order chi connectivity index (χ1) is 15.6. The maximum Gasteiger partial charge on any atom is 0.330 e. The second-order valence-electron chi connectivity index (χ2n) is 7.48. The molecule has 1 rings (SSSR count). The van der Waals surface area contributed by atoms with Crippen LogP contribution in [0.15, 0.2) is 35.3 Å². The molecule has 33 heavy (non-hydrogen) atoms. The number of carbonyl (C=O) groups excluding carboxylic acids is 4. The van der Waals surface area contributed by atoms with Crippen molar-refractivity contribution in [3.8, 4) is 0 Å². The lowest BCUT2D eigenvalue weighted by molar-refractivity contribution is -0.137. The SMILES string of the molecule is CCOC(=O)/C=C/CCC(NC(C)=O)C(=O)Nc1cccn(CC(=O)NCCN(C)C)c1=O.